The molecule has 0 aliphatic carbocycles. The van der Waals surface area contributed by atoms with E-state index in [1.807, 2.05) is 6.92 Å². The predicted molar refractivity (Wildman–Crippen MR) is 84.0 cm³/mol. The summed E-state index contributed by atoms with van der Waals surface area (Å²) < 4.78 is 25.8. The van der Waals surface area contributed by atoms with Crippen LogP contribution in [0.25, 0.3) is 10.1 Å². The summed E-state index contributed by atoms with van der Waals surface area (Å²) in [7, 11) is -0.940. The maximum atomic E-state index is 14.0. The third kappa shape index (κ3) is 3.66. The number of nitrogens with one attached hydrogen (secondary N) is 1. The summed E-state index contributed by atoms with van der Waals surface area (Å²) in [5.74, 6) is -1.01. The van der Waals surface area contributed by atoms with Gasteiger partial charge >= 0.3 is 5.97 Å². The monoisotopic (exact) mass is 329 g/mol. The molecular weight excluding hydrogens is 313 g/mol. The molecule has 0 fully saturated rings. The Labute approximate surface area is 128 Å². The second kappa shape index (κ2) is 6.64. The van der Waals surface area contributed by atoms with Crippen molar-refractivity contribution in [2.45, 2.75) is 19.5 Å². The predicted octanol–water partition coefficient (Wildman–Crippen LogP) is 2.60. The fraction of sp³-hybridized carbons (Fsp3) is 0.357. The van der Waals surface area contributed by atoms with Crippen LogP contribution in [0.5, 0.6) is 0 Å². The first-order chi connectivity index (χ1) is 9.90. The van der Waals surface area contributed by atoms with Crippen molar-refractivity contribution < 1.29 is 18.5 Å². The minimum atomic E-state index is -1.06. The molecule has 21 heavy (non-hydrogen) atoms. The SMILES string of the molecule is CC(CS(C)=O)NCc1c(C(=O)O)sc2cccc(F)c12. The second-order valence-electron chi connectivity index (χ2n) is 4.85. The Morgan fingerprint density at radius 2 is 2.24 bits per heavy atom. The number of rotatable bonds is 6. The Kier molecular flexibility index (Phi) is 5.08. The Morgan fingerprint density at radius 1 is 1.52 bits per heavy atom. The van der Waals surface area contributed by atoms with Crippen LogP contribution >= 0.6 is 11.3 Å². The molecule has 2 aromatic rings. The molecule has 0 amide bonds. The number of carbonyl (C=O) groups is 1. The topological polar surface area (TPSA) is 66.4 Å². The van der Waals surface area contributed by atoms with Crippen LogP contribution in [-0.4, -0.2) is 33.3 Å². The average molecular weight is 329 g/mol. The molecule has 0 radical (unpaired) electrons. The summed E-state index contributed by atoms with van der Waals surface area (Å²) in [5.41, 5.74) is 0.453. The lowest BCUT2D eigenvalue weighted by molar-refractivity contribution is 0.0701. The molecule has 114 valence electrons. The Balaban J connectivity index is 2.34. The van der Waals surface area contributed by atoms with Gasteiger partial charge in [0.2, 0.25) is 0 Å². The number of carboxylic acids is 1. The summed E-state index contributed by atoms with van der Waals surface area (Å²) in [6.45, 7) is 2.10. The van der Waals surface area contributed by atoms with Gasteiger partial charge in [-0.05, 0) is 19.1 Å². The summed E-state index contributed by atoms with van der Waals surface area (Å²) in [6.07, 6.45) is 1.61. The summed E-state index contributed by atoms with van der Waals surface area (Å²) in [6, 6.07) is 4.57. The molecule has 0 saturated carbocycles. The highest BCUT2D eigenvalue weighted by atomic mass is 32.2. The average Bonchev–Trinajstić information content (AvgIpc) is 2.76. The van der Waals surface area contributed by atoms with Crippen molar-refractivity contribution in [1.82, 2.24) is 5.32 Å². The van der Waals surface area contributed by atoms with Gasteiger partial charge in [0.25, 0.3) is 0 Å². The van der Waals surface area contributed by atoms with Crippen LogP contribution in [0.1, 0.15) is 22.2 Å². The number of fused-ring (bicyclic) bond motifs is 1. The largest absolute Gasteiger partial charge is 0.477 e. The van der Waals surface area contributed by atoms with Crippen LogP contribution in [0.4, 0.5) is 4.39 Å². The van der Waals surface area contributed by atoms with Crippen LogP contribution < -0.4 is 5.32 Å². The number of halogens is 1. The van der Waals surface area contributed by atoms with Crippen molar-refractivity contribution in [2.24, 2.45) is 0 Å². The third-order valence-corrected chi connectivity index (χ3v) is 5.22. The van der Waals surface area contributed by atoms with Crippen molar-refractivity contribution in [3.05, 3.63) is 34.5 Å². The van der Waals surface area contributed by atoms with E-state index in [0.717, 1.165) is 11.3 Å². The maximum Gasteiger partial charge on any atom is 0.346 e. The Morgan fingerprint density at radius 3 is 2.86 bits per heavy atom. The van der Waals surface area contributed by atoms with Crippen molar-refractivity contribution in [3.63, 3.8) is 0 Å². The molecular formula is C14H16FNO3S2. The number of aromatic carboxylic acids is 1. The lowest BCUT2D eigenvalue weighted by Gasteiger charge is -2.12. The van der Waals surface area contributed by atoms with Crippen molar-refractivity contribution in [1.29, 1.82) is 0 Å². The number of carboxylic acid groups (broad SMARTS) is 1. The van der Waals surface area contributed by atoms with Crippen LogP contribution in [0.3, 0.4) is 0 Å². The Bertz CT molecular complexity index is 699. The van der Waals surface area contributed by atoms with Gasteiger partial charge in [-0.25, -0.2) is 9.18 Å². The van der Waals surface area contributed by atoms with Gasteiger partial charge < -0.3 is 10.4 Å². The van der Waals surface area contributed by atoms with E-state index in [4.69, 9.17) is 0 Å². The van der Waals surface area contributed by atoms with Gasteiger partial charge in [0.15, 0.2) is 0 Å². The van der Waals surface area contributed by atoms with Crippen LogP contribution in [0.15, 0.2) is 18.2 Å². The zero-order valence-corrected chi connectivity index (χ0v) is 13.3. The highest BCUT2D eigenvalue weighted by Gasteiger charge is 2.20. The first-order valence-electron chi connectivity index (χ1n) is 6.36. The van der Waals surface area contributed by atoms with Gasteiger partial charge in [-0.1, -0.05) is 6.07 Å². The minimum Gasteiger partial charge on any atom is -0.477 e. The van der Waals surface area contributed by atoms with Crippen molar-refractivity contribution in [2.75, 3.05) is 12.0 Å². The molecule has 0 bridgehead atoms. The number of benzene rings is 1. The Hall–Kier alpha value is -1.31. The standard InChI is InChI=1S/C14H16FNO3S2/c1-8(7-21(2)19)16-6-9-12-10(15)4-3-5-11(12)20-13(9)14(17)18/h3-5,8,16H,6-7H2,1-2H3,(H,17,18). The molecule has 0 spiro atoms. The quantitative estimate of drug-likeness (QED) is 0.855. The highest BCUT2D eigenvalue weighted by Crippen LogP contribution is 2.33. The summed E-state index contributed by atoms with van der Waals surface area (Å²) in [5, 5.41) is 12.8. The first-order valence-corrected chi connectivity index (χ1v) is 8.91. The van der Waals surface area contributed by atoms with Gasteiger partial charge in [-0.3, -0.25) is 4.21 Å². The van der Waals surface area contributed by atoms with E-state index in [1.54, 1.807) is 18.4 Å². The van der Waals surface area contributed by atoms with Gasteiger partial charge in [0, 0.05) is 51.0 Å². The fourth-order valence-electron chi connectivity index (χ4n) is 2.20. The summed E-state index contributed by atoms with van der Waals surface area (Å²) in [4.78, 5) is 11.5. The zero-order chi connectivity index (χ0) is 15.6. The number of hydrogen-bond donors (Lipinski definition) is 2. The van der Waals surface area contributed by atoms with Crippen LogP contribution in [-0.2, 0) is 17.3 Å². The molecule has 0 aliphatic rings. The molecule has 1 aromatic heterocycles. The summed E-state index contributed by atoms with van der Waals surface area (Å²) >= 11 is 1.07. The molecule has 2 unspecified atom stereocenters. The molecule has 4 nitrogen and oxygen atoms in total. The van der Waals surface area contributed by atoms with E-state index in [-0.39, 0.29) is 17.5 Å². The molecule has 2 atom stereocenters. The smallest absolute Gasteiger partial charge is 0.346 e. The molecule has 1 heterocycles. The highest BCUT2D eigenvalue weighted by molar-refractivity contribution is 7.84. The van der Waals surface area contributed by atoms with Crippen LogP contribution in [0, 0.1) is 5.82 Å². The minimum absolute atomic E-state index is 0.0424. The van der Waals surface area contributed by atoms with Gasteiger partial charge in [-0.2, -0.15) is 0 Å². The molecule has 1 aromatic carbocycles. The first kappa shape index (κ1) is 16.1. The normalized spacial score (nSPS) is 14.2. The van der Waals surface area contributed by atoms with E-state index >= 15 is 0 Å². The molecule has 0 aliphatic heterocycles. The van der Waals surface area contributed by atoms with Gasteiger partial charge in [-0.15, -0.1) is 11.3 Å². The number of hydrogen-bond acceptors (Lipinski definition) is 4. The number of thiophene rings is 1. The molecule has 0 saturated heterocycles. The molecule has 7 heteroatoms. The third-order valence-electron chi connectivity index (χ3n) is 3.07. The van der Waals surface area contributed by atoms with E-state index in [1.165, 1.54) is 6.07 Å². The second-order valence-corrected chi connectivity index (χ2v) is 7.38. The zero-order valence-electron chi connectivity index (χ0n) is 11.7. The van der Waals surface area contributed by atoms with Crippen molar-refractivity contribution in [3.8, 4) is 0 Å². The lowest BCUT2D eigenvalue weighted by Crippen LogP contribution is -2.30. The van der Waals surface area contributed by atoms with E-state index < -0.39 is 22.6 Å². The van der Waals surface area contributed by atoms with Crippen molar-refractivity contribution >= 4 is 38.2 Å². The van der Waals surface area contributed by atoms with Crippen LogP contribution in [0.2, 0.25) is 0 Å². The fourth-order valence-corrected chi connectivity index (χ4v) is 4.09. The van der Waals surface area contributed by atoms with Gasteiger partial charge in [0.05, 0.1) is 0 Å². The molecule has 2 rings (SSSR count). The van der Waals surface area contributed by atoms with E-state index in [2.05, 4.69) is 5.32 Å². The molecule has 2 N–H and O–H groups in total. The maximum absolute atomic E-state index is 14.0. The lowest BCUT2D eigenvalue weighted by atomic mass is 10.1. The van der Waals surface area contributed by atoms with Gasteiger partial charge in [0.1, 0.15) is 10.7 Å². The van der Waals surface area contributed by atoms with E-state index in [0.29, 0.717) is 21.4 Å². The van der Waals surface area contributed by atoms with E-state index in [9.17, 15) is 18.5 Å².